The van der Waals surface area contributed by atoms with Crippen LogP contribution in [0.1, 0.15) is 47.5 Å². The van der Waals surface area contributed by atoms with Gasteiger partial charge < -0.3 is 15.0 Å². The van der Waals surface area contributed by atoms with Crippen LogP contribution in [0, 0.1) is 17.8 Å². The lowest BCUT2D eigenvalue weighted by Gasteiger charge is -2.29. The van der Waals surface area contributed by atoms with Gasteiger partial charge in [0.2, 0.25) is 11.8 Å². The van der Waals surface area contributed by atoms with Gasteiger partial charge in [-0.3, -0.25) is 9.59 Å². The molecule has 1 saturated heterocycles. The standard InChI is InChI=1S/C16H28N2O3/c1-10(2)12(5)16(21)18-8-6-7-14(18)15(20)17-13(9-19)11(3)4/h9-14H,6-8H2,1-5H3,(H,17,20). The maximum absolute atomic E-state index is 12.5. The minimum absolute atomic E-state index is 0.0369. The molecule has 2 amide bonds. The van der Waals surface area contributed by atoms with Gasteiger partial charge in [0.15, 0.2) is 0 Å². The number of rotatable bonds is 6. The van der Waals surface area contributed by atoms with E-state index >= 15 is 0 Å². The van der Waals surface area contributed by atoms with E-state index in [-0.39, 0.29) is 29.6 Å². The van der Waals surface area contributed by atoms with Gasteiger partial charge in [-0.1, -0.05) is 34.6 Å². The van der Waals surface area contributed by atoms with Crippen molar-refractivity contribution in [1.29, 1.82) is 0 Å². The van der Waals surface area contributed by atoms with Crippen LogP contribution in [0.2, 0.25) is 0 Å². The van der Waals surface area contributed by atoms with Gasteiger partial charge in [-0.05, 0) is 24.7 Å². The summed E-state index contributed by atoms with van der Waals surface area (Å²) in [6.07, 6.45) is 2.27. The van der Waals surface area contributed by atoms with Crippen molar-refractivity contribution in [2.75, 3.05) is 6.54 Å². The van der Waals surface area contributed by atoms with Crippen LogP contribution < -0.4 is 5.32 Å². The van der Waals surface area contributed by atoms with E-state index in [1.54, 1.807) is 4.90 Å². The fourth-order valence-corrected chi connectivity index (χ4v) is 2.47. The summed E-state index contributed by atoms with van der Waals surface area (Å²) < 4.78 is 0. The highest BCUT2D eigenvalue weighted by molar-refractivity contribution is 5.90. The number of hydrogen-bond donors (Lipinski definition) is 1. The third kappa shape index (κ3) is 4.29. The van der Waals surface area contributed by atoms with Gasteiger partial charge >= 0.3 is 0 Å². The highest BCUT2D eigenvalue weighted by Gasteiger charge is 2.37. The Bertz CT molecular complexity index is 393. The molecule has 3 unspecified atom stereocenters. The van der Waals surface area contributed by atoms with E-state index < -0.39 is 12.1 Å². The van der Waals surface area contributed by atoms with E-state index in [9.17, 15) is 14.4 Å². The maximum Gasteiger partial charge on any atom is 0.243 e. The van der Waals surface area contributed by atoms with Gasteiger partial charge in [-0.25, -0.2) is 0 Å². The SMILES string of the molecule is CC(C)C(C=O)NC(=O)C1CCCN1C(=O)C(C)C(C)C. The van der Waals surface area contributed by atoms with Crippen molar-refractivity contribution in [1.82, 2.24) is 10.2 Å². The molecule has 0 aromatic heterocycles. The van der Waals surface area contributed by atoms with Crippen molar-refractivity contribution in [3.8, 4) is 0 Å². The van der Waals surface area contributed by atoms with E-state index in [1.165, 1.54) is 0 Å². The van der Waals surface area contributed by atoms with Crippen LogP contribution in [-0.2, 0) is 14.4 Å². The molecule has 21 heavy (non-hydrogen) atoms. The quantitative estimate of drug-likeness (QED) is 0.757. The van der Waals surface area contributed by atoms with Crippen LogP contribution in [0.25, 0.3) is 0 Å². The lowest BCUT2D eigenvalue weighted by Crippen LogP contribution is -2.51. The highest BCUT2D eigenvalue weighted by Crippen LogP contribution is 2.23. The number of hydrogen-bond acceptors (Lipinski definition) is 3. The summed E-state index contributed by atoms with van der Waals surface area (Å²) in [4.78, 5) is 37.5. The number of carbonyl (C=O) groups excluding carboxylic acids is 3. The van der Waals surface area contributed by atoms with Gasteiger partial charge in [-0.15, -0.1) is 0 Å². The number of nitrogens with one attached hydrogen (secondary N) is 1. The van der Waals surface area contributed by atoms with Gasteiger partial charge in [0.25, 0.3) is 0 Å². The fraction of sp³-hybridized carbons (Fsp3) is 0.812. The van der Waals surface area contributed by atoms with Crippen LogP contribution in [0.3, 0.4) is 0 Å². The molecule has 120 valence electrons. The van der Waals surface area contributed by atoms with Crippen molar-refractivity contribution >= 4 is 18.1 Å². The average molecular weight is 296 g/mol. The van der Waals surface area contributed by atoms with E-state index in [4.69, 9.17) is 0 Å². The molecule has 5 heteroatoms. The second-order valence-electron chi connectivity index (χ2n) is 6.64. The molecule has 3 atom stereocenters. The first-order valence-corrected chi connectivity index (χ1v) is 7.85. The predicted octanol–water partition coefficient (Wildman–Crippen LogP) is 1.61. The summed E-state index contributed by atoms with van der Waals surface area (Å²) in [5, 5.41) is 2.76. The Morgan fingerprint density at radius 3 is 2.24 bits per heavy atom. The molecule has 0 aromatic carbocycles. The summed E-state index contributed by atoms with van der Waals surface area (Å²) in [5.41, 5.74) is 0. The van der Waals surface area contributed by atoms with Crippen LogP contribution >= 0.6 is 0 Å². The van der Waals surface area contributed by atoms with Crippen molar-refractivity contribution in [3.05, 3.63) is 0 Å². The topological polar surface area (TPSA) is 66.5 Å². The predicted molar refractivity (Wildman–Crippen MR) is 81.6 cm³/mol. The number of amides is 2. The summed E-state index contributed by atoms with van der Waals surface area (Å²) in [7, 11) is 0. The minimum Gasteiger partial charge on any atom is -0.345 e. The van der Waals surface area contributed by atoms with E-state index in [0.29, 0.717) is 13.0 Å². The largest absolute Gasteiger partial charge is 0.345 e. The van der Waals surface area contributed by atoms with Gasteiger partial charge in [0.1, 0.15) is 12.3 Å². The highest BCUT2D eigenvalue weighted by atomic mass is 16.2. The lowest BCUT2D eigenvalue weighted by molar-refractivity contribution is -0.142. The number of aldehydes is 1. The Morgan fingerprint density at radius 2 is 1.76 bits per heavy atom. The van der Waals surface area contributed by atoms with Crippen molar-refractivity contribution in [2.45, 2.75) is 59.5 Å². The number of nitrogens with zero attached hydrogens (tertiary/aromatic N) is 1. The maximum atomic E-state index is 12.5. The fourth-order valence-electron chi connectivity index (χ4n) is 2.47. The first-order chi connectivity index (χ1) is 9.79. The van der Waals surface area contributed by atoms with Crippen molar-refractivity contribution in [3.63, 3.8) is 0 Å². The van der Waals surface area contributed by atoms with Crippen LogP contribution in [-0.4, -0.2) is 41.6 Å². The average Bonchev–Trinajstić information content (AvgIpc) is 2.91. The zero-order valence-electron chi connectivity index (χ0n) is 13.8. The van der Waals surface area contributed by atoms with Crippen molar-refractivity contribution < 1.29 is 14.4 Å². The Morgan fingerprint density at radius 1 is 1.14 bits per heavy atom. The van der Waals surface area contributed by atoms with Gasteiger partial charge in [0, 0.05) is 12.5 Å². The number of likely N-dealkylation sites (tertiary alicyclic amines) is 1. The van der Waals surface area contributed by atoms with Gasteiger partial charge in [0.05, 0.1) is 6.04 Å². The molecule has 1 aliphatic rings. The molecule has 0 aromatic rings. The summed E-state index contributed by atoms with van der Waals surface area (Å²) in [6.45, 7) is 10.3. The monoisotopic (exact) mass is 296 g/mol. The molecular formula is C16H28N2O3. The Labute approximate surface area is 127 Å². The van der Waals surface area contributed by atoms with E-state index in [1.807, 2.05) is 34.6 Å². The molecule has 5 nitrogen and oxygen atoms in total. The lowest BCUT2D eigenvalue weighted by atomic mass is 9.96. The molecule has 0 aliphatic carbocycles. The van der Waals surface area contributed by atoms with Crippen LogP contribution in [0.5, 0.6) is 0 Å². The molecule has 0 spiro atoms. The smallest absolute Gasteiger partial charge is 0.243 e. The third-order valence-electron chi connectivity index (χ3n) is 4.40. The second-order valence-corrected chi connectivity index (χ2v) is 6.64. The van der Waals surface area contributed by atoms with E-state index in [2.05, 4.69) is 5.32 Å². The normalized spacial score (nSPS) is 21.5. The van der Waals surface area contributed by atoms with Crippen LogP contribution in [0.15, 0.2) is 0 Å². The number of carbonyl (C=O) groups is 3. The van der Waals surface area contributed by atoms with Gasteiger partial charge in [-0.2, -0.15) is 0 Å². The summed E-state index contributed by atoms with van der Waals surface area (Å²) in [6, 6.07) is -0.919. The minimum atomic E-state index is -0.488. The second kappa shape index (κ2) is 7.57. The molecule has 0 radical (unpaired) electrons. The molecule has 1 aliphatic heterocycles. The summed E-state index contributed by atoms with van der Waals surface area (Å²) in [5.74, 6) is 0.0367. The molecule has 1 fully saturated rings. The van der Waals surface area contributed by atoms with E-state index in [0.717, 1.165) is 12.7 Å². The Hall–Kier alpha value is -1.39. The molecule has 1 heterocycles. The molecule has 0 saturated carbocycles. The Balaban J connectivity index is 2.74. The molecular weight excluding hydrogens is 268 g/mol. The first-order valence-electron chi connectivity index (χ1n) is 7.85. The Kier molecular flexibility index (Phi) is 6.37. The molecule has 1 rings (SSSR count). The third-order valence-corrected chi connectivity index (χ3v) is 4.40. The summed E-state index contributed by atoms with van der Waals surface area (Å²) >= 11 is 0. The zero-order chi connectivity index (χ0) is 16.2. The van der Waals surface area contributed by atoms with Crippen molar-refractivity contribution in [2.24, 2.45) is 17.8 Å². The zero-order valence-corrected chi connectivity index (χ0v) is 13.8. The van der Waals surface area contributed by atoms with Crippen LogP contribution in [0.4, 0.5) is 0 Å². The molecule has 1 N–H and O–H groups in total. The molecule has 0 bridgehead atoms. The first kappa shape index (κ1) is 17.7.